The maximum Gasteiger partial charge on any atom is 0.254 e. The summed E-state index contributed by atoms with van der Waals surface area (Å²) in [7, 11) is 5.33. The molecular formula is C17H19ClN4O2. The van der Waals surface area contributed by atoms with Crippen LogP contribution in [0.15, 0.2) is 36.4 Å². The quantitative estimate of drug-likeness (QED) is 0.841. The molecule has 7 heteroatoms. The Morgan fingerprint density at radius 3 is 2.46 bits per heavy atom. The third-order valence-corrected chi connectivity index (χ3v) is 3.66. The normalized spacial score (nSPS) is 10.3. The zero-order valence-corrected chi connectivity index (χ0v) is 14.5. The molecule has 1 heterocycles. The first-order chi connectivity index (χ1) is 11.3. The van der Waals surface area contributed by atoms with Crippen molar-refractivity contribution in [1.29, 1.82) is 0 Å². The molecule has 2 aromatic rings. The van der Waals surface area contributed by atoms with E-state index in [1.807, 2.05) is 20.2 Å². The van der Waals surface area contributed by atoms with Gasteiger partial charge in [0, 0.05) is 38.8 Å². The first-order valence-electron chi connectivity index (χ1n) is 7.27. The number of halogens is 1. The molecule has 2 amide bonds. The van der Waals surface area contributed by atoms with Crippen molar-refractivity contribution in [2.75, 3.05) is 26.0 Å². The molecule has 0 unspecified atom stereocenters. The lowest BCUT2D eigenvalue weighted by atomic mass is 10.1. The highest BCUT2D eigenvalue weighted by Gasteiger charge is 2.15. The van der Waals surface area contributed by atoms with E-state index in [1.54, 1.807) is 41.1 Å². The van der Waals surface area contributed by atoms with E-state index in [9.17, 15) is 9.59 Å². The molecule has 0 spiro atoms. The Balaban J connectivity index is 2.21. The Morgan fingerprint density at radius 2 is 1.83 bits per heavy atom. The highest BCUT2D eigenvalue weighted by atomic mass is 35.5. The molecular weight excluding hydrogens is 328 g/mol. The zero-order chi connectivity index (χ0) is 17.9. The van der Waals surface area contributed by atoms with Crippen LogP contribution in [-0.2, 0) is 6.54 Å². The molecule has 0 bridgehead atoms. The maximum absolute atomic E-state index is 12.6. The number of benzene rings is 1. The van der Waals surface area contributed by atoms with Crippen LogP contribution in [0, 0.1) is 0 Å². The largest absolute Gasteiger partial charge is 0.366 e. The lowest BCUT2D eigenvalue weighted by molar-refractivity contribution is 0.0785. The molecule has 2 rings (SSSR count). The average molecular weight is 347 g/mol. The Morgan fingerprint density at radius 1 is 1.12 bits per heavy atom. The van der Waals surface area contributed by atoms with Gasteiger partial charge in [-0.25, -0.2) is 4.98 Å². The van der Waals surface area contributed by atoms with Gasteiger partial charge in [-0.05, 0) is 29.8 Å². The number of pyridine rings is 1. The van der Waals surface area contributed by atoms with Gasteiger partial charge < -0.3 is 15.5 Å². The molecule has 2 N–H and O–H groups in total. The Hall–Kier alpha value is -2.60. The van der Waals surface area contributed by atoms with Crippen molar-refractivity contribution in [2.45, 2.75) is 6.54 Å². The lowest BCUT2D eigenvalue weighted by Gasteiger charge is -2.19. The van der Waals surface area contributed by atoms with Crippen LogP contribution in [0.2, 0.25) is 5.15 Å². The van der Waals surface area contributed by atoms with Gasteiger partial charge in [-0.2, -0.15) is 0 Å². The van der Waals surface area contributed by atoms with Crippen molar-refractivity contribution >= 4 is 29.2 Å². The molecule has 6 nitrogen and oxygen atoms in total. The Labute approximate surface area is 145 Å². The molecule has 24 heavy (non-hydrogen) atoms. The number of carbonyl (C=O) groups is 2. The minimum absolute atomic E-state index is 0.188. The minimum atomic E-state index is -0.498. The summed E-state index contributed by atoms with van der Waals surface area (Å²) in [5.41, 5.74) is 6.96. The molecule has 126 valence electrons. The second-order valence-electron chi connectivity index (χ2n) is 5.66. The predicted molar refractivity (Wildman–Crippen MR) is 94.3 cm³/mol. The van der Waals surface area contributed by atoms with Gasteiger partial charge >= 0.3 is 0 Å². The van der Waals surface area contributed by atoms with E-state index in [0.29, 0.717) is 23.5 Å². The molecule has 0 fully saturated rings. The molecule has 0 saturated carbocycles. The Bertz CT molecular complexity index is 777. The number of hydrogen-bond donors (Lipinski definition) is 1. The van der Waals surface area contributed by atoms with E-state index < -0.39 is 5.91 Å². The molecule has 0 aliphatic rings. The number of anilines is 1. The van der Waals surface area contributed by atoms with Gasteiger partial charge in [-0.3, -0.25) is 9.59 Å². The summed E-state index contributed by atoms with van der Waals surface area (Å²) >= 11 is 6.00. The average Bonchev–Trinajstić information content (AvgIpc) is 2.53. The third-order valence-electron chi connectivity index (χ3n) is 3.46. The summed E-state index contributed by atoms with van der Waals surface area (Å²) in [6.07, 6.45) is 0. The van der Waals surface area contributed by atoms with E-state index in [0.717, 1.165) is 5.56 Å². The van der Waals surface area contributed by atoms with Gasteiger partial charge in [-0.1, -0.05) is 23.7 Å². The van der Waals surface area contributed by atoms with Crippen LogP contribution in [0.1, 0.15) is 26.3 Å². The highest BCUT2D eigenvalue weighted by Crippen LogP contribution is 2.18. The minimum Gasteiger partial charge on any atom is -0.366 e. The molecule has 1 aromatic carbocycles. The van der Waals surface area contributed by atoms with Crippen LogP contribution in [0.3, 0.4) is 0 Å². The maximum atomic E-state index is 12.6. The van der Waals surface area contributed by atoms with Crippen LogP contribution in [0.25, 0.3) is 0 Å². The van der Waals surface area contributed by atoms with Crippen LogP contribution in [0.5, 0.6) is 0 Å². The number of nitrogens with zero attached hydrogens (tertiary/aromatic N) is 3. The summed E-state index contributed by atoms with van der Waals surface area (Å²) in [4.78, 5) is 31.4. The van der Waals surface area contributed by atoms with E-state index in [2.05, 4.69) is 4.98 Å². The third kappa shape index (κ3) is 4.23. The van der Waals surface area contributed by atoms with Crippen molar-refractivity contribution in [3.63, 3.8) is 0 Å². The number of amides is 2. The predicted octanol–water partition coefficient (Wildman–Crippen LogP) is 2.17. The fraction of sp³-hybridized carbons (Fsp3) is 0.235. The summed E-state index contributed by atoms with van der Waals surface area (Å²) < 4.78 is 0. The SMILES string of the molecule is CN(Cc1cccc(C(N)=O)c1)C(=O)c1cc(Cl)nc(N(C)C)c1. The molecule has 1 aromatic heterocycles. The van der Waals surface area contributed by atoms with Crippen LogP contribution < -0.4 is 10.6 Å². The number of nitrogens with two attached hydrogens (primary N) is 1. The summed E-state index contributed by atoms with van der Waals surface area (Å²) in [5, 5.41) is 0.258. The number of aromatic nitrogens is 1. The lowest BCUT2D eigenvalue weighted by Crippen LogP contribution is -2.27. The summed E-state index contributed by atoms with van der Waals surface area (Å²) in [6, 6.07) is 10.1. The topological polar surface area (TPSA) is 79.5 Å². The van der Waals surface area contributed by atoms with Crippen molar-refractivity contribution in [3.05, 3.63) is 58.2 Å². The van der Waals surface area contributed by atoms with E-state index in [-0.39, 0.29) is 11.1 Å². The van der Waals surface area contributed by atoms with Gasteiger partial charge in [0.1, 0.15) is 11.0 Å². The van der Waals surface area contributed by atoms with Crippen LogP contribution in [0.4, 0.5) is 5.82 Å². The number of primary amides is 1. The van der Waals surface area contributed by atoms with Gasteiger partial charge in [0.15, 0.2) is 0 Å². The van der Waals surface area contributed by atoms with Crippen LogP contribution in [-0.4, -0.2) is 42.8 Å². The standard InChI is InChI=1S/C17H19ClN4O2/c1-21(2)15-9-13(8-14(18)20-15)17(24)22(3)10-11-5-4-6-12(7-11)16(19)23/h4-9H,10H2,1-3H3,(H2,19,23). The fourth-order valence-corrected chi connectivity index (χ4v) is 2.43. The highest BCUT2D eigenvalue weighted by molar-refractivity contribution is 6.29. The number of carbonyl (C=O) groups excluding carboxylic acids is 2. The number of rotatable bonds is 5. The van der Waals surface area contributed by atoms with E-state index in [4.69, 9.17) is 17.3 Å². The smallest absolute Gasteiger partial charge is 0.254 e. The van der Waals surface area contributed by atoms with Crippen molar-refractivity contribution in [1.82, 2.24) is 9.88 Å². The van der Waals surface area contributed by atoms with Gasteiger partial charge in [0.2, 0.25) is 5.91 Å². The Kier molecular flexibility index (Phi) is 5.41. The fourth-order valence-electron chi connectivity index (χ4n) is 2.22. The second-order valence-corrected chi connectivity index (χ2v) is 6.04. The molecule has 0 atom stereocenters. The monoisotopic (exact) mass is 346 g/mol. The van der Waals surface area contributed by atoms with Crippen molar-refractivity contribution in [2.24, 2.45) is 5.73 Å². The van der Waals surface area contributed by atoms with Crippen molar-refractivity contribution in [3.8, 4) is 0 Å². The van der Waals surface area contributed by atoms with Gasteiger partial charge in [0.25, 0.3) is 5.91 Å². The first-order valence-corrected chi connectivity index (χ1v) is 7.65. The molecule has 0 saturated heterocycles. The van der Waals surface area contributed by atoms with E-state index >= 15 is 0 Å². The summed E-state index contributed by atoms with van der Waals surface area (Å²) in [6.45, 7) is 0.344. The van der Waals surface area contributed by atoms with E-state index in [1.165, 1.54) is 6.07 Å². The molecule has 0 radical (unpaired) electrons. The number of hydrogen-bond acceptors (Lipinski definition) is 4. The first kappa shape index (κ1) is 17.7. The van der Waals surface area contributed by atoms with Crippen LogP contribution >= 0.6 is 11.6 Å². The molecule has 0 aliphatic heterocycles. The van der Waals surface area contributed by atoms with Gasteiger partial charge in [-0.15, -0.1) is 0 Å². The summed E-state index contributed by atoms with van der Waals surface area (Å²) in [5.74, 6) is -0.0794. The molecule has 0 aliphatic carbocycles. The second kappa shape index (κ2) is 7.31. The van der Waals surface area contributed by atoms with Gasteiger partial charge in [0.05, 0.1) is 0 Å². The zero-order valence-electron chi connectivity index (χ0n) is 13.8. The van der Waals surface area contributed by atoms with Crippen molar-refractivity contribution < 1.29 is 9.59 Å².